The third-order valence-corrected chi connectivity index (χ3v) is 7.80. The maximum atomic E-state index is 13.1. The molecular formula is C21H29ClN2O3. The van der Waals surface area contributed by atoms with E-state index in [1.165, 1.54) is 6.42 Å². The van der Waals surface area contributed by atoms with Gasteiger partial charge >= 0.3 is 5.97 Å². The van der Waals surface area contributed by atoms with Crippen molar-refractivity contribution >= 4 is 23.5 Å². The van der Waals surface area contributed by atoms with Gasteiger partial charge in [0.15, 0.2) is 6.10 Å². The summed E-state index contributed by atoms with van der Waals surface area (Å²) in [6, 6.07) is 2.28. The molecule has 5 nitrogen and oxygen atoms in total. The normalized spacial score (nSPS) is 40.0. The molecule has 4 bridgehead atoms. The third-order valence-electron chi connectivity index (χ3n) is 7.36. The van der Waals surface area contributed by atoms with Crippen LogP contribution in [0.1, 0.15) is 77.6 Å². The van der Waals surface area contributed by atoms with Gasteiger partial charge < -0.3 is 10.1 Å². The molecular weight excluding hydrogens is 364 g/mol. The lowest BCUT2D eigenvalue weighted by molar-refractivity contribution is -0.177. The van der Waals surface area contributed by atoms with Crippen LogP contribution in [-0.2, 0) is 14.3 Å². The minimum absolute atomic E-state index is 0.262. The topological polar surface area (TPSA) is 79.2 Å². The van der Waals surface area contributed by atoms with Crippen molar-refractivity contribution in [1.29, 1.82) is 5.26 Å². The number of alkyl halides is 1. The van der Waals surface area contributed by atoms with E-state index in [4.69, 9.17) is 16.3 Å². The SMILES string of the molecule is C[C@H](OC(=O)C12C[C@@H]3C[C@H](CC(Cl)(C3)C1)C2)C(=O)NC1(C#N)CCCCC1. The van der Waals surface area contributed by atoms with Crippen molar-refractivity contribution in [2.45, 2.75) is 94.1 Å². The van der Waals surface area contributed by atoms with Crippen molar-refractivity contribution in [2.75, 3.05) is 0 Å². The van der Waals surface area contributed by atoms with Gasteiger partial charge in [0.25, 0.3) is 5.91 Å². The molecule has 3 atom stereocenters. The molecule has 0 unspecified atom stereocenters. The van der Waals surface area contributed by atoms with Crippen LogP contribution < -0.4 is 5.32 Å². The Balaban J connectivity index is 1.41. The van der Waals surface area contributed by atoms with E-state index in [0.29, 0.717) is 31.1 Å². The minimum atomic E-state index is -0.885. The van der Waals surface area contributed by atoms with Gasteiger partial charge in [0.2, 0.25) is 0 Å². The smallest absolute Gasteiger partial charge is 0.312 e. The van der Waals surface area contributed by atoms with Crippen LogP contribution in [0.25, 0.3) is 0 Å². The molecule has 0 aromatic rings. The van der Waals surface area contributed by atoms with Crippen molar-refractivity contribution in [1.82, 2.24) is 5.32 Å². The van der Waals surface area contributed by atoms with Gasteiger partial charge in [-0.25, -0.2) is 0 Å². The van der Waals surface area contributed by atoms with E-state index in [9.17, 15) is 14.9 Å². The molecule has 5 saturated carbocycles. The molecule has 1 amide bonds. The number of amides is 1. The zero-order valence-corrected chi connectivity index (χ0v) is 16.8. The summed E-state index contributed by atoms with van der Waals surface area (Å²) in [5.74, 6) is 0.380. The monoisotopic (exact) mass is 392 g/mol. The van der Waals surface area contributed by atoms with E-state index in [1.807, 2.05) is 0 Å². The average Bonchev–Trinajstić information content (AvgIpc) is 2.60. The summed E-state index contributed by atoms with van der Waals surface area (Å²) in [5.41, 5.74) is -1.32. The molecule has 5 aliphatic rings. The quantitative estimate of drug-likeness (QED) is 0.582. The van der Waals surface area contributed by atoms with Crippen molar-refractivity contribution in [3.8, 4) is 6.07 Å². The Labute approximate surface area is 166 Å². The highest BCUT2D eigenvalue weighted by molar-refractivity contribution is 6.24. The second-order valence-electron chi connectivity index (χ2n) is 9.68. The van der Waals surface area contributed by atoms with E-state index in [1.54, 1.807) is 6.92 Å². The molecule has 5 fully saturated rings. The summed E-state index contributed by atoms with van der Waals surface area (Å²) in [6.07, 6.45) is 8.93. The predicted molar refractivity (Wildman–Crippen MR) is 101 cm³/mol. The third kappa shape index (κ3) is 3.46. The van der Waals surface area contributed by atoms with Crippen molar-refractivity contribution in [3.05, 3.63) is 0 Å². The van der Waals surface area contributed by atoms with Gasteiger partial charge in [0, 0.05) is 4.87 Å². The fourth-order valence-corrected chi connectivity index (χ4v) is 7.18. The van der Waals surface area contributed by atoms with Crippen LogP contribution in [0, 0.1) is 28.6 Å². The van der Waals surface area contributed by atoms with E-state index in [0.717, 1.165) is 44.9 Å². The molecule has 5 rings (SSSR count). The van der Waals surface area contributed by atoms with Gasteiger partial charge in [-0.3, -0.25) is 9.59 Å². The lowest BCUT2D eigenvalue weighted by Crippen LogP contribution is -2.57. The number of halogens is 1. The fourth-order valence-electron chi connectivity index (χ4n) is 6.49. The Bertz CT molecular complexity index is 665. The van der Waals surface area contributed by atoms with Crippen LogP contribution >= 0.6 is 11.6 Å². The molecule has 0 saturated heterocycles. The molecule has 6 heteroatoms. The molecule has 0 radical (unpaired) electrons. The molecule has 27 heavy (non-hydrogen) atoms. The van der Waals surface area contributed by atoms with Crippen LogP contribution in [-0.4, -0.2) is 28.4 Å². The van der Waals surface area contributed by atoms with E-state index < -0.39 is 17.1 Å². The van der Waals surface area contributed by atoms with E-state index >= 15 is 0 Å². The van der Waals surface area contributed by atoms with Gasteiger partial charge in [-0.05, 0) is 70.1 Å². The highest BCUT2D eigenvalue weighted by Gasteiger charge is 2.61. The zero-order chi connectivity index (χ0) is 19.3. The molecule has 0 aliphatic heterocycles. The largest absolute Gasteiger partial charge is 0.452 e. The number of hydrogen-bond donors (Lipinski definition) is 1. The lowest BCUT2D eigenvalue weighted by atomic mass is 9.49. The number of carbonyl (C=O) groups excluding carboxylic acids is 2. The molecule has 0 aromatic heterocycles. The number of rotatable bonds is 4. The molecule has 0 aromatic carbocycles. The first kappa shape index (κ1) is 19.1. The standard InChI is InChI=1S/C21H29ClN2O3/c1-14(17(25)24-21(13-23)5-3-2-4-6-21)27-18(26)19-8-15-7-16(9-19)11-20(22,10-15)12-19/h14-16H,2-12H2,1H3,(H,24,25)/t14-,15-,16-,19?,20?/m0/s1. The highest BCUT2D eigenvalue weighted by Crippen LogP contribution is 2.64. The molecule has 0 heterocycles. The van der Waals surface area contributed by atoms with Gasteiger partial charge in [0.05, 0.1) is 11.5 Å². The first-order chi connectivity index (χ1) is 12.8. The molecule has 1 N–H and O–H groups in total. The van der Waals surface area contributed by atoms with E-state index in [2.05, 4.69) is 11.4 Å². The van der Waals surface area contributed by atoms with Crippen LogP contribution in [0.4, 0.5) is 0 Å². The van der Waals surface area contributed by atoms with Crippen molar-refractivity contribution in [3.63, 3.8) is 0 Å². The minimum Gasteiger partial charge on any atom is -0.452 e. The maximum absolute atomic E-state index is 13.1. The second kappa shape index (κ2) is 6.65. The summed E-state index contributed by atoms with van der Waals surface area (Å²) >= 11 is 6.81. The Morgan fingerprint density at radius 1 is 1.15 bits per heavy atom. The number of nitriles is 1. The van der Waals surface area contributed by atoms with Crippen LogP contribution in [0.15, 0.2) is 0 Å². The average molecular weight is 393 g/mol. The summed E-state index contributed by atoms with van der Waals surface area (Å²) in [6.45, 7) is 1.61. The van der Waals surface area contributed by atoms with Crippen LogP contribution in [0.5, 0.6) is 0 Å². The number of carbonyl (C=O) groups is 2. The number of nitrogens with one attached hydrogen (secondary N) is 1. The Morgan fingerprint density at radius 3 is 2.33 bits per heavy atom. The second-order valence-corrected chi connectivity index (χ2v) is 10.5. The zero-order valence-electron chi connectivity index (χ0n) is 16.1. The fraction of sp³-hybridized carbons (Fsp3) is 0.857. The number of hydrogen-bond acceptors (Lipinski definition) is 4. The molecule has 148 valence electrons. The van der Waals surface area contributed by atoms with Gasteiger partial charge in [-0.2, -0.15) is 5.26 Å². The van der Waals surface area contributed by atoms with Crippen LogP contribution in [0.3, 0.4) is 0 Å². The van der Waals surface area contributed by atoms with Crippen LogP contribution in [0.2, 0.25) is 0 Å². The van der Waals surface area contributed by atoms with Crippen molar-refractivity contribution in [2.24, 2.45) is 17.3 Å². The number of nitrogens with zero attached hydrogens (tertiary/aromatic N) is 1. The summed E-state index contributed by atoms with van der Waals surface area (Å²) < 4.78 is 5.65. The van der Waals surface area contributed by atoms with Gasteiger partial charge in [-0.15, -0.1) is 11.6 Å². The predicted octanol–water partition coefficient (Wildman–Crippen LogP) is 3.84. The molecule has 5 aliphatic carbocycles. The van der Waals surface area contributed by atoms with Gasteiger partial charge in [-0.1, -0.05) is 19.3 Å². The Hall–Kier alpha value is -1.28. The lowest BCUT2D eigenvalue weighted by Gasteiger charge is -2.58. The summed E-state index contributed by atoms with van der Waals surface area (Å²) in [7, 11) is 0. The first-order valence-electron chi connectivity index (χ1n) is 10.4. The van der Waals surface area contributed by atoms with Gasteiger partial charge in [0.1, 0.15) is 5.54 Å². The Morgan fingerprint density at radius 2 is 1.78 bits per heavy atom. The number of ether oxygens (including phenoxy) is 1. The maximum Gasteiger partial charge on any atom is 0.312 e. The first-order valence-corrected chi connectivity index (χ1v) is 10.8. The van der Waals surface area contributed by atoms with E-state index in [-0.39, 0.29) is 16.8 Å². The Kier molecular flexibility index (Phi) is 4.70. The summed E-state index contributed by atoms with van der Waals surface area (Å²) in [5, 5.41) is 12.4. The van der Waals surface area contributed by atoms with Crippen molar-refractivity contribution < 1.29 is 14.3 Å². The summed E-state index contributed by atoms with van der Waals surface area (Å²) in [4.78, 5) is 25.4. The highest BCUT2D eigenvalue weighted by atomic mass is 35.5. The molecule has 0 spiro atoms. The number of esters is 1.